The third kappa shape index (κ3) is 6.54. The first-order valence-corrected chi connectivity index (χ1v) is 11.9. The molecular weight excluding hydrogens is 507 g/mol. The van der Waals surface area contributed by atoms with Gasteiger partial charge in [-0.05, 0) is 65.9 Å². The molecule has 2 heterocycles. The van der Waals surface area contributed by atoms with Crippen molar-refractivity contribution in [2.75, 3.05) is 5.32 Å². The first-order valence-electron chi connectivity index (χ1n) is 11.5. The number of carbonyl (C=O) groups is 1. The molecule has 6 nitrogen and oxygen atoms in total. The molecule has 37 heavy (non-hydrogen) atoms. The highest BCUT2D eigenvalue weighted by molar-refractivity contribution is 6.31. The number of nitrogens with zero attached hydrogens (tertiary/aromatic N) is 2. The van der Waals surface area contributed by atoms with E-state index in [-0.39, 0.29) is 24.8 Å². The lowest BCUT2D eigenvalue weighted by molar-refractivity contribution is -0.137. The smallest absolute Gasteiger partial charge is 0.416 e. The maximum atomic E-state index is 12.9. The molecule has 4 rings (SSSR count). The van der Waals surface area contributed by atoms with Crippen molar-refractivity contribution >= 4 is 23.2 Å². The Labute approximate surface area is 217 Å². The zero-order valence-electron chi connectivity index (χ0n) is 20.4. The molecule has 0 radical (unpaired) electrons. The van der Waals surface area contributed by atoms with Crippen LogP contribution >= 0.6 is 11.6 Å². The molecule has 2 aromatic heterocycles. The van der Waals surface area contributed by atoms with Crippen LogP contribution in [-0.4, -0.2) is 15.7 Å². The Balaban J connectivity index is 1.37. The number of nitrogens with one attached hydrogen (secondary N) is 1. The third-order valence-electron chi connectivity index (χ3n) is 5.66. The van der Waals surface area contributed by atoms with Gasteiger partial charge < -0.3 is 14.5 Å². The average Bonchev–Trinajstić information content (AvgIpc) is 3.48. The van der Waals surface area contributed by atoms with Gasteiger partial charge >= 0.3 is 6.18 Å². The van der Waals surface area contributed by atoms with Gasteiger partial charge in [0.05, 0.1) is 24.0 Å². The molecule has 0 bridgehead atoms. The summed E-state index contributed by atoms with van der Waals surface area (Å²) in [6, 6.07) is 12.0. The fourth-order valence-electron chi connectivity index (χ4n) is 3.71. The Morgan fingerprint density at radius 3 is 2.70 bits per heavy atom. The van der Waals surface area contributed by atoms with E-state index in [0.717, 1.165) is 23.3 Å². The number of ether oxygens (including phenoxy) is 1. The molecule has 0 aliphatic carbocycles. The lowest BCUT2D eigenvalue weighted by atomic mass is 10.0. The number of furan rings is 1. The van der Waals surface area contributed by atoms with E-state index in [1.165, 1.54) is 29.2 Å². The monoisotopic (exact) mass is 531 g/mol. The van der Waals surface area contributed by atoms with E-state index in [1.54, 1.807) is 12.1 Å². The molecular formula is C27H25ClF3N3O3. The van der Waals surface area contributed by atoms with Crippen molar-refractivity contribution in [3.8, 4) is 5.75 Å². The summed E-state index contributed by atoms with van der Waals surface area (Å²) in [5, 5.41) is 7.46. The number of benzene rings is 2. The predicted octanol–water partition coefficient (Wildman–Crippen LogP) is 7.46. The second-order valence-electron chi connectivity index (χ2n) is 8.93. The number of anilines is 1. The molecule has 0 aliphatic rings. The standard InChI is InChI=1S/C27H25ClF3N3O3/c1-16(2)22-11-23(28)17(3)9-25(22)36-15-21-7-8-24(37-21)26(35)33-20-12-32-34(14-20)13-18-5-4-6-19(10-18)27(29,30)31/h4-12,14,16H,13,15H2,1-3H3,(H,33,35). The van der Waals surface area contributed by atoms with E-state index in [4.69, 9.17) is 20.8 Å². The zero-order valence-corrected chi connectivity index (χ0v) is 21.2. The van der Waals surface area contributed by atoms with Gasteiger partial charge in [0, 0.05) is 11.2 Å². The van der Waals surface area contributed by atoms with Crippen molar-refractivity contribution in [3.05, 3.63) is 99.7 Å². The van der Waals surface area contributed by atoms with Crippen LogP contribution < -0.4 is 10.1 Å². The van der Waals surface area contributed by atoms with Crippen LogP contribution in [0, 0.1) is 6.92 Å². The van der Waals surface area contributed by atoms with Crippen LogP contribution in [0.5, 0.6) is 5.75 Å². The van der Waals surface area contributed by atoms with E-state index in [2.05, 4.69) is 10.4 Å². The number of hydrogen-bond donors (Lipinski definition) is 1. The highest BCUT2D eigenvalue weighted by Gasteiger charge is 2.30. The summed E-state index contributed by atoms with van der Waals surface area (Å²) in [4.78, 5) is 12.6. The van der Waals surface area contributed by atoms with Gasteiger partial charge in [0.25, 0.3) is 5.91 Å². The summed E-state index contributed by atoms with van der Waals surface area (Å²) in [5.41, 5.74) is 1.96. The van der Waals surface area contributed by atoms with Crippen molar-refractivity contribution in [1.82, 2.24) is 9.78 Å². The van der Waals surface area contributed by atoms with Crippen molar-refractivity contribution in [2.45, 2.75) is 46.0 Å². The zero-order chi connectivity index (χ0) is 26.7. The molecule has 10 heteroatoms. The molecule has 1 amide bonds. The van der Waals surface area contributed by atoms with E-state index in [0.29, 0.717) is 27.8 Å². The molecule has 0 atom stereocenters. The number of aryl methyl sites for hydroxylation is 1. The van der Waals surface area contributed by atoms with Crippen LogP contribution in [0.2, 0.25) is 5.02 Å². The lowest BCUT2D eigenvalue weighted by Gasteiger charge is -2.15. The topological polar surface area (TPSA) is 69.3 Å². The molecule has 0 fully saturated rings. The molecule has 0 spiro atoms. The molecule has 2 aromatic carbocycles. The van der Waals surface area contributed by atoms with Crippen molar-refractivity contribution in [1.29, 1.82) is 0 Å². The summed E-state index contributed by atoms with van der Waals surface area (Å²) in [7, 11) is 0. The summed E-state index contributed by atoms with van der Waals surface area (Å²) >= 11 is 6.25. The first-order chi connectivity index (χ1) is 17.5. The first kappa shape index (κ1) is 26.3. The number of alkyl halides is 3. The van der Waals surface area contributed by atoms with Crippen molar-refractivity contribution < 1.29 is 27.1 Å². The average molecular weight is 532 g/mol. The highest BCUT2D eigenvalue weighted by Crippen LogP contribution is 2.33. The van der Waals surface area contributed by atoms with Gasteiger partial charge in [-0.3, -0.25) is 9.48 Å². The minimum Gasteiger partial charge on any atom is -0.485 e. The molecule has 4 aromatic rings. The van der Waals surface area contributed by atoms with Crippen LogP contribution in [0.25, 0.3) is 0 Å². The second-order valence-corrected chi connectivity index (χ2v) is 9.33. The Hall–Kier alpha value is -3.72. The molecule has 0 saturated heterocycles. The Morgan fingerprint density at radius 2 is 1.97 bits per heavy atom. The fraction of sp³-hybridized carbons (Fsp3) is 0.259. The van der Waals surface area contributed by atoms with Gasteiger partial charge in [0.15, 0.2) is 5.76 Å². The molecule has 0 unspecified atom stereocenters. The Bertz CT molecular complexity index is 1410. The summed E-state index contributed by atoms with van der Waals surface area (Å²) in [6.45, 7) is 6.24. The van der Waals surface area contributed by atoms with Gasteiger partial charge in [0.2, 0.25) is 0 Å². The van der Waals surface area contributed by atoms with Gasteiger partial charge in [-0.15, -0.1) is 0 Å². The Morgan fingerprint density at radius 1 is 1.19 bits per heavy atom. The summed E-state index contributed by atoms with van der Waals surface area (Å²) in [5.74, 6) is 0.969. The van der Waals surface area contributed by atoms with Crippen molar-refractivity contribution in [2.24, 2.45) is 0 Å². The summed E-state index contributed by atoms with van der Waals surface area (Å²) in [6.07, 6.45) is -1.48. The summed E-state index contributed by atoms with van der Waals surface area (Å²) < 4.78 is 51.9. The molecule has 194 valence electrons. The number of rotatable bonds is 8. The van der Waals surface area contributed by atoms with Crippen LogP contribution in [0.3, 0.4) is 0 Å². The number of amides is 1. The van der Waals surface area contributed by atoms with Gasteiger partial charge in [-0.2, -0.15) is 18.3 Å². The predicted molar refractivity (Wildman–Crippen MR) is 134 cm³/mol. The second kappa shape index (κ2) is 10.7. The number of aromatic nitrogens is 2. The Kier molecular flexibility index (Phi) is 7.63. The molecule has 1 N–H and O–H groups in total. The molecule has 0 saturated carbocycles. The maximum absolute atomic E-state index is 12.9. The lowest BCUT2D eigenvalue weighted by Crippen LogP contribution is -2.10. The van der Waals surface area contributed by atoms with Gasteiger partial charge in [0.1, 0.15) is 18.1 Å². The fourth-order valence-corrected chi connectivity index (χ4v) is 3.89. The SMILES string of the molecule is Cc1cc(OCc2ccc(C(=O)Nc3cnn(Cc4cccc(C(F)(F)F)c4)c3)o2)c(C(C)C)cc1Cl. The van der Waals surface area contributed by atoms with Crippen LogP contribution in [-0.2, 0) is 19.3 Å². The van der Waals surface area contributed by atoms with Crippen LogP contribution in [0.1, 0.15) is 58.3 Å². The van der Waals surface area contributed by atoms with Crippen LogP contribution in [0.4, 0.5) is 18.9 Å². The molecule has 0 aliphatic heterocycles. The number of halogens is 4. The van der Waals surface area contributed by atoms with E-state index >= 15 is 0 Å². The quantitative estimate of drug-likeness (QED) is 0.256. The van der Waals surface area contributed by atoms with E-state index in [9.17, 15) is 18.0 Å². The minimum atomic E-state index is -4.42. The maximum Gasteiger partial charge on any atom is 0.416 e. The highest BCUT2D eigenvalue weighted by atomic mass is 35.5. The van der Waals surface area contributed by atoms with Gasteiger partial charge in [-0.25, -0.2) is 0 Å². The van der Waals surface area contributed by atoms with Crippen molar-refractivity contribution in [3.63, 3.8) is 0 Å². The minimum absolute atomic E-state index is 0.0839. The van der Waals surface area contributed by atoms with Gasteiger partial charge in [-0.1, -0.05) is 37.6 Å². The van der Waals surface area contributed by atoms with Crippen LogP contribution in [0.15, 0.2) is 65.3 Å². The normalized spacial score (nSPS) is 11.7. The van der Waals surface area contributed by atoms with E-state index in [1.807, 2.05) is 32.9 Å². The third-order valence-corrected chi connectivity index (χ3v) is 6.07. The van der Waals surface area contributed by atoms with E-state index < -0.39 is 17.6 Å². The number of hydrogen-bond acceptors (Lipinski definition) is 4. The number of carbonyl (C=O) groups excluding carboxylic acids is 1. The largest absolute Gasteiger partial charge is 0.485 e.